The van der Waals surface area contributed by atoms with Crippen molar-refractivity contribution in [2.24, 2.45) is 0 Å². The average Bonchev–Trinajstić information content (AvgIpc) is 2.86. The van der Waals surface area contributed by atoms with Gasteiger partial charge in [-0.25, -0.2) is 9.18 Å². The molecule has 1 amide bonds. The van der Waals surface area contributed by atoms with E-state index in [9.17, 15) is 14.0 Å². The van der Waals surface area contributed by atoms with E-state index >= 15 is 0 Å². The zero-order chi connectivity index (χ0) is 17.8. The lowest BCUT2D eigenvalue weighted by Gasteiger charge is -2.06. The number of nitrogens with one attached hydrogen (secondary N) is 1. The maximum Gasteiger partial charge on any atom is 0.329 e. The minimum Gasteiger partial charge on any atom is -0.350 e. The summed E-state index contributed by atoms with van der Waals surface area (Å²) < 4.78 is 16.3. The van der Waals surface area contributed by atoms with Gasteiger partial charge < -0.3 is 5.32 Å². The zero-order valence-electron chi connectivity index (χ0n) is 14.0. The van der Waals surface area contributed by atoms with Gasteiger partial charge in [0.15, 0.2) is 0 Å². The first-order chi connectivity index (χ1) is 12.1. The third kappa shape index (κ3) is 3.63. The summed E-state index contributed by atoms with van der Waals surface area (Å²) in [6.45, 7) is 2.77. The van der Waals surface area contributed by atoms with Gasteiger partial charge in [0, 0.05) is 13.1 Å². The largest absolute Gasteiger partial charge is 0.350 e. The summed E-state index contributed by atoms with van der Waals surface area (Å²) in [6, 6.07) is 13.5. The summed E-state index contributed by atoms with van der Waals surface area (Å²) in [5.41, 5.74) is 2.05. The topological polar surface area (TPSA) is 56.0 Å². The van der Waals surface area contributed by atoms with E-state index in [1.165, 1.54) is 16.7 Å². The van der Waals surface area contributed by atoms with Crippen LogP contribution in [0.5, 0.6) is 0 Å². The summed E-state index contributed by atoms with van der Waals surface area (Å²) in [7, 11) is 0. The molecule has 0 fully saturated rings. The van der Waals surface area contributed by atoms with Crippen LogP contribution in [0.2, 0.25) is 0 Å². The van der Waals surface area contributed by atoms with Crippen LogP contribution in [0, 0.1) is 5.82 Å². The molecule has 2 aromatic carbocycles. The fourth-order valence-electron chi connectivity index (χ4n) is 2.91. The van der Waals surface area contributed by atoms with Gasteiger partial charge in [-0.3, -0.25) is 13.9 Å². The van der Waals surface area contributed by atoms with Gasteiger partial charge in [0.1, 0.15) is 12.4 Å². The standard InChI is InChI=1S/C19H20FN3O2/c1-2-10-22-16-8-3-4-9-17(16)23(19(22)25)13-18(24)21-12-14-6-5-7-15(20)11-14/h3-9,11H,2,10,12-13H2,1H3,(H,21,24). The van der Waals surface area contributed by atoms with Gasteiger partial charge in [-0.05, 0) is 36.2 Å². The highest BCUT2D eigenvalue weighted by Crippen LogP contribution is 2.13. The molecule has 3 rings (SSSR count). The zero-order valence-corrected chi connectivity index (χ0v) is 14.0. The lowest BCUT2D eigenvalue weighted by atomic mass is 10.2. The van der Waals surface area contributed by atoms with E-state index in [1.807, 2.05) is 31.2 Å². The van der Waals surface area contributed by atoms with Crippen molar-refractivity contribution in [3.63, 3.8) is 0 Å². The van der Waals surface area contributed by atoms with E-state index < -0.39 is 0 Å². The number of benzene rings is 2. The first-order valence-electron chi connectivity index (χ1n) is 8.29. The molecular formula is C19H20FN3O2. The Bertz CT molecular complexity index is 959. The van der Waals surface area contributed by atoms with Crippen molar-refractivity contribution in [1.29, 1.82) is 0 Å². The molecule has 0 bridgehead atoms. The number of carbonyl (C=O) groups excluding carboxylic acids is 1. The molecule has 0 aliphatic heterocycles. The first-order valence-corrected chi connectivity index (χ1v) is 8.29. The highest BCUT2D eigenvalue weighted by molar-refractivity contribution is 5.80. The maximum atomic E-state index is 13.2. The molecule has 1 aromatic heterocycles. The number of hydrogen-bond donors (Lipinski definition) is 1. The Balaban J connectivity index is 1.79. The predicted molar refractivity (Wildman–Crippen MR) is 94.7 cm³/mol. The Morgan fingerprint density at radius 2 is 1.80 bits per heavy atom. The van der Waals surface area contributed by atoms with Crippen molar-refractivity contribution in [3.05, 3.63) is 70.4 Å². The molecule has 1 N–H and O–H groups in total. The number of imidazole rings is 1. The minimum absolute atomic E-state index is 0.0641. The SMILES string of the molecule is CCCn1c(=O)n(CC(=O)NCc2cccc(F)c2)c2ccccc21. The van der Waals surface area contributed by atoms with Gasteiger partial charge in [-0.15, -0.1) is 0 Å². The van der Waals surface area contributed by atoms with Crippen LogP contribution < -0.4 is 11.0 Å². The normalized spacial score (nSPS) is 11.0. The predicted octanol–water partition coefficient (Wildman–Crippen LogP) is 2.67. The quantitative estimate of drug-likeness (QED) is 0.749. The van der Waals surface area contributed by atoms with Crippen LogP contribution in [-0.4, -0.2) is 15.0 Å². The maximum absolute atomic E-state index is 13.2. The van der Waals surface area contributed by atoms with Gasteiger partial charge in [0.25, 0.3) is 0 Å². The second kappa shape index (κ2) is 7.34. The summed E-state index contributed by atoms with van der Waals surface area (Å²) >= 11 is 0. The first kappa shape index (κ1) is 17.0. The van der Waals surface area contributed by atoms with Gasteiger partial charge >= 0.3 is 5.69 Å². The number of rotatable bonds is 6. The second-order valence-corrected chi connectivity index (χ2v) is 5.92. The fraction of sp³-hybridized carbons (Fsp3) is 0.263. The molecule has 0 radical (unpaired) electrons. The number of nitrogens with zero attached hydrogens (tertiary/aromatic N) is 2. The van der Waals surface area contributed by atoms with Crippen molar-refractivity contribution in [2.75, 3.05) is 0 Å². The summed E-state index contributed by atoms with van der Waals surface area (Å²) in [5.74, 6) is -0.628. The molecule has 0 aliphatic rings. The lowest BCUT2D eigenvalue weighted by Crippen LogP contribution is -2.32. The highest BCUT2D eigenvalue weighted by atomic mass is 19.1. The number of para-hydroxylation sites is 2. The van der Waals surface area contributed by atoms with Crippen LogP contribution in [-0.2, 0) is 24.4 Å². The van der Waals surface area contributed by atoms with E-state index in [0.29, 0.717) is 12.1 Å². The minimum atomic E-state index is -0.342. The molecule has 130 valence electrons. The van der Waals surface area contributed by atoms with Crippen LogP contribution >= 0.6 is 0 Å². The van der Waals surface area contributed by atoms with Gasteiger partial charge in [-0.1, -0.05) is 31.2 Å². The number of fused-ring (bicyclic) bond motifs is 1. The van der Waals surface area contributed by atoms with Crippen molar-refractivity contribution in [3.8, 4) is 0 Å². The number of halogens is 1. The number of aromatic nitrogens is 2. The lowest BCUT2D eigenvalue weighted by molar-refractivity contribution is -0.121. The molecule has 0 atom stereocenters. The Labute approximate surface area is 144 Å². The summed E-state index contributed by atoms with van der Waals surface area (Å²) in [5, 5.41) is 2.73. The van der Waals surface area contributed by atoms with Gasteiger partial charge in [0.2, 0.25) is 5.91 Å². The molecule has 0 aliphatic carbocycles. The number of amides is 1. The van der Waals surface area contributed by atoms with Crippen LogP contribution in [0.4, 0.5) is 4.39 Å². The molecule has 0 saturated carbocycles. The van der Waals surface area contributed by atoms with Crippen molar-refractivity contribution in [2.45, 2.75) is 33.0 Å². The third-order valence-corrected chi connectivity index (χ3v) is 4.05. The Morgan fingerprint density at radius 1 is 1.08 bits per heavy atom. The number of hydrogen-bond acceptors (Lipinski definition) is 2. The van der Waals surface area contributed by atoms with Gasteiger partial charge in [-0.2, -0.15) is 0 Å². The second-order valence-electron chi connectivity index (χ2n) is 5.92. The van der Waals surface area contributed by atoms with E-state index in [4.69, 9.17) is 0 Å². The third-order valence-electron chi connectivity index (χ3n) is 4.05. The molecule has 5 nitrogen and oxygen atoms in total. The van der Waals surface area contributed by atoms with Crippen LogP contribution in [0.1, 0.15) is 18.9 Å². The van der Waals surface area contributed by atoms with Crippen molar-refractivity contribution < 1.29 is 9.18 Å². The monoisotopic (exact) mass is 341 g/mol. The summed E-state index contributed by atoms with van der Waals surface area (Å²) in [6.07, 6.45) is 0.833. The Kier molecular flexibility index (Phi) is 4.97. The molecule has 1 heterocycles. The van der Waals surface area contributed by atoms with Gasteiger partial charge in [0.05, 0.1) is 11.0 Å². The molecule has 0 unspecified atom stereocenters. The fourth-order valence-corrected chi connectivity index (χ4v) is 2.91. The number of carbonyl (C=O) groups is 1. The Morgan fingerprint density at radius 3 is 2.48 bits per heavy atom. The molecule has 6 heteroatoms. The van der Waals surface area contributed by atoms with E-state index in [2.05, 4.69) is 5.32 Å². The van der Waals surface area contributed by atoms with Crippen LogP contribution in [0.3, 0.4) is 0 Å². The van der Waals surface area contributed by atoms with Crippen LogP contribution in [0.25, 0.3) is 11.0 Å². The van der Waals surface area contributed by atoms with E-state index in [-0.39, 0.29) is 30.5 Å². The molecular weight excluding hydrogens is 321 g/mol. The molecule has 25 heavy (non-hydrogen) atoms. The molecule has 0 saturated heterocycles. The van der Waals surface area contributed by atoms with Crippen molar-refractivity contribution >= 4 is 16.9 Å². The number of aryl methyl sites for hydroxylation is 1. The Hall–Kier alpha value is -2.89. The molecule has 3 aromatic rings. The molecule has 0 spiro atoms. The summed E-state index contributed by atoms with van der Waals surface area (Å²) in [4.78, 5) is 24.9. The smallest absolute Gasteiger partial charge is 0.329 e. The van der Waals surface area contributed by atoms with Crippen LogP contribution in [0.15, 0.2) is 53.3 Å². The highest BCUT2D eigenvalue weighted by Gasteiger charge is 2.14. The average molecular weight is 341 g/mol. The van der Waals surface area contributed by atoms with E-state index in [0.717, 1.165) is 17.5 Å². The van der Waals surface area contributed by atoms with E-state index in [1.54, 1.807) is 16.7 Å². The van der Waals surface area contributed by atoms with Crippen molar-refractivity contribution in [1.82, 2.24) is 14.5 Å².